The molecule has 0 saturated carbocycles. The van der Waals surface area contributed by atoms with Gasteiger partial charge in [0.25, 0.3) is 0 Å². The summed E-state index contributed by atoms with van der Waals surface area (Å²) in [5.41, 5.74) is 6.52. The number of aliphatic hydroxyl groups excluding tert-OH is 1. The smallest absolute Gasteiger partial charge is 0.158 e. The molecule has 2 aromatic heterocycles. The van der Waals surface area contributed by atoms with Gasteiger partial charge in [0, 0.05) is 6.54 Å². The van der Waals surface area contributed by atoms with Gasteiger partial charge in [-0.05, 0) is 0 Å². The zero-order valence-corrected chi connectivity index (χ0v) is 8.02. The maximum atomic E-state index is 9.55. The van der Waals surface area contributed by atoms with Crippen LogP contribution in [0.4, 0.5) is 0 Å². The monoisotopic (exact) mass is 212 g/mol. The Hall–Kier alpha value is -1.17. The van der Waals surface area contributed by atoms with E-state index in [1.54, 1.807) is 16.9 Å². The number of aromatic nitrogens is 3. The summed E-state index contributed by atoms with van der Waals surface area (Å²) in [5, 5.41) is 10.00. The Labute approximate surface area is 85.2 Å². The van der Waals surface area contributed by atoms with Crippen molar-refractivity contribution in [3.05, 3.63) is 29.4 Å². The molecule has 0 aliphatic heterocycles. The molecule has 0 aromatic carbocycles. The Morgan fingerprint density at radius 3 is 3.07 bits per heavy atom. The number of hydrogen-bond acceptors (Lipinski definition) is 4. The van der Waals surface area contributed by atoms with Crippen molar-refractivity contribution >= 4 is 17.2 Å². The van der Waals surface area contributed by atoms with Gasteiger partial charge in [-0.25, -0.2) is 9.97 Å². The Balaban J connectivity index is 2.63. The topological polar surface area (TPSA) is 76.4 Å². The quantitative estimate of drug-likeness (QED) is 0.755. The molecule has 2 rings (SSSR count). The molecule has 2 heterocycles. The van der Waals surface area contributed by atoms with E-state index in [2.05, 4.69) is 9.97 Å². The number of aliphatic hydroxyl groups is 1. The number of rotatable bonds is 2. The lowest BCUT2D eigenvalue weighted by molar-refractivity contribution is 0.181. The summed E-state index contributed by atoms with van der Waals surface area (Å²) in [4.78, 5) is 7.96. The molecular weight excluding hydrogens is 204 g/mol. The number of nitrogens with zero attached hydrogens (tertiary/aromatic N) is 3. The number of hydrogen-bond donors (Lipinski definition) is 2. The molecule has 6 heteroatoms. The number of nitrogens with two attached hydrogens (primary N) is 1. The summed E-state index contributed by atoms with van der Waals surface area (Å²) in [7, 11) is 0. The third-order valence-corrected chi connectivity index (χ3v) is 2.24. The van der Waals surface area contributed by atoms with Crippen LogP contribution in [0.3, 0.4) is 0 Å². The molecule has 0 aliphatic carbocycles. The first-order valence-corrected chi connectivity index (χ1v) is 4.46. The molecule has 74 valence electrons. The predicted octanol–water partition coefficient (Wildman–Crippen LogP) is 0.375. The van der Waals surface area contributed by atoms with Gasteiger partial charge < -0.3 is 10.8 Å². The third kappa shape index (κ3) is 1.35. The van der Waals surface area contributed by atoms with Crippen molar-refractivity contribution in [2.45, 2.75) is 6.10 Å². The lowest BCUT2D eigenvalue weighted by Crippen LogP contribution is -2.13. The first kappa shape index (κ1) is 9.39. The van der Waals surface area contributed by atoms with Gasteiger partial charge in [-0.1, -0.05) is 11.6 Å². The van der Waals surface area contributed by atoms with Crippen molar-refractivity contribution in [3.63, 3.8) is 0 Å². The number of imidazole rings is 1. The fourth-order valence-electron chi connectivity index (χ4n) is 1.26. The van der Waals surface area contributed by atoms with E-state index in [0.29, 0.717) is 16.4 Å². The first-order chi connectivity index (χ1) is 6.74. The summed E-state index contributed by atoms with van der Waals surface area (Å²) < 4.78 is 1.62. The van der Waals surface area contributed by atoms with Crippen LogP contribution >= 0.6 is 11.6 Å². The standard InChI is InChI=1S/C8H9ClN4O/c9-5-2-11-4-13-6(7(14)1-10)3-12-8(5)13/h2-4,7,14H,1,10H2. The molecular formula is C8H9ClN4O. The maximum Gasteiger partial charge on any atom is 0.158 e. The van der Waals surface area contributed by atoms with Gasteiger partial charge in [-0.15, -0.1) is 0 Å². The Bertz CT molecular complexity index is 456. The summed E-state index contributed by atoms with van der Waals surface area (Å²) in [6.07, 6.45) is 3.84. The van der Waals surface area contributed by atoms with E-state index in [-0.39, 0.29) is 6.54 Å². The minimum absolute atomic E-state index is 0.139. The van der Waals surface area contributed by atoms with E-state index in [9.17, 15) is 5.11 Å². The Morgan fingerprint density at radius 1 is 1.57 bits per heavy atom. The van der Waals surface area contributed by atoms with Gasteiger partial charge in [-0.2, -0.15) is 0 Å². The molecule has 0 spiro atoms. The highest BCUT2D eigenvalue weighted by Gasteiger charge is 2.12. The van der Waals surface area contributed by atoms with Gasteiger partial charge >= 0.3 is 0 Å². The van der Waals surface area contributed by atoms with Crippen LogP contribution in [0.2, 0.25) is 5.02 Å². The van der Waals surface area contributed by atoms with Crippen LogP contribution < -0.4 is 5.73 Å². The highest BCUT2D eigenvalue weighted by Crippen LogP contribution is 2.18. The van der Waals surface area contributed by atoms with Crippen molar-refractivity contribution in [2.24, 2.45) is 5.73 Å². The molecule has 0 bridgehead atoms. The first-order valence-electron chi connectivity index (χ1n) is 4.08. The highest BCUT2D eigenvalue weighted by atomic mass is 35.5. The molecule has 0 radical (unpaired) electrons. The minimum Gasteiger partial charge on any atom is -0.385 e. The summed E-state index contributed by atoms with van der Waals surface area (Å²) in [6, 6.07) is 0. The lowest BCUT2D eigenvalue weighted by Gasteiger charge is -2.06. The minimum atomic E-state index is -0.745. The molecule has 0 amide bonds. The normalized spacial score (nSPS) is 13.4. The molecule has 3 N–H and O–H groups in total. The molecule has 5 nitrogen and oxygen atoms in total. The van der Waals surface area contributed by atoms with Crippen LogP contribution in [-0.4, -0.2) is 26.0 Å². The van der Waals surface area contributed by atoms with E-state index < -0.39 is 6.10 Å². The molecule has 0 aliphatic rings. The van der Waals surface area contributed by atoms with Crippen LogP contribution in [0.25, 0.3) is 5.65 Å². The van der Waals surface area contributed by atoms with Crippen molar-refractivity contribution in [2.75, 3.05) is 6.54 Å². The van der Waals surface area contributed by atoms with Gasteiger partial charge in [0.2, 0.25) is 0 Å². The van der Waals surface area contributed by atoms with E-state index in [0.717, 1.165) is 0 Å². The average molecular weight is 213 g/mol. The molecule has 0 saturated heterocycles. The SMILES string of the molecule is NCC(O)c1cnc2c(Cl)cncn12. The second kappa shape index (κ2) is 3.53. The van der Waals surface area contributed by atoms with Crippen LogP contribution in [-0.2, 0) is 0 Å². The summed E-state index contributed by atoms with van der Waals surface area (Å²) >= 11 is 5.86. The molecule has 1 atom stereocenters. The van der Waals surface area contributed by atoms with Crippen LogP contribution in [0, 0.1) is 0 Å². The number of fused-ring (bicyclic) bond motifs is 1. The van der Waals surface area contributed by atoms with Crippen LogP contribution in [0.5, 0.6) is 0 Å². The zero-order valence-electron chi connectivity index (χ0n) is 7.26. The Kier molecular flexibility index (Phi) is 2.37. The fraction of sp³-hybridized carbons (Fsp3) is 0.250. The zero-order chi connectivity index (χ0) is 10.1. The van der Waals surface area contributed by atoms with Gasteiger partial charge in [0.1, 0.15) is 17.5 Å². The van der Waals surface area contributed by atoms with Crippen LogP contribution in [0.15, 0.2) is 18.7 Å². The van der Waals surface area contributed by atoms with Gasteiger partial charge in [-0.3, -0.25) is 4.40 Å². The summed E-state index contributed by atoms with van der Waals surface area (Å²) in [6.45, 7) is 0.139. The highest BCUT2D eigenvalue weighted by molar-refractivity contribution is 6.33. The van der Waals surface area contributed by atoms with Crippen molar-refractivity contribution in [1.29, 1.82) is 0 Å². The average Bonchev–Trinajstić information content (AvgIpc) is 2.62. The molecule has 2 aromatic rings. The predicted molar refractivity (Wildman–Crippen MR) is 52.0 cm³/mol. The largest absolute Gasteiger partial charge is 0.385 e. The third-order valence-electron chi connectivity index (χ3n) is 1.97. The molecule has 1 unspecified atom stereocenters. The van der Waals surface area contributed by atoms with Crippen LogP contribution in [0.1, 0.15) is 11.8 Å². The van der Waals surface area contributed by atoms with E-state index >= 15 is 0 Å². The van der Waals surface area contributed by atoms with Crippen molar-refractivity contribution < 1.29 is 5.11 Å². The second-order valence-electron chi connectivity index (χ2n) is 2.87. The summed E-state index contributed by atoms with van der Waals surface area (Å²) in [5.74, 6) is 0. The van der Waals surface area contributed by atoms with Crippen molar-refractivity contribution in [1.82, 2.24) is 14.4 Å². The van der Waals surface area contributed by atoms with E-state index in [1.807, 2.05) is 0 Å². The van der Waals surface area contributed by atoms with E-state index in [1.165, 1.54) is 6.20 Å². The van der Waals surface area contributed by atoms with Gasteiger partial charge in [0.05, 0.1) is 18.1 Å². The Morgan fingerprint density at radius 2 is 2.36 bits per heavy atom. The second-order valence-corrected chi connectivity index (χ2v) is 3.28. The fourth-order valence-corrected chi connectivity index (χ4v) is 1.46. The lowest BCUT2D eigenvalue weighted by atomic mass is 10.3. The number of halogens is 1. The van der Waals surface area contributed by atoms with Crippen molar-refractivity contribution in [3.8, 4) is 0 Å². The van der Waals surface area contributed by atoms with Gasteiger partial charge in [0.15, 0.2) is 5.65 Å². The van der Waals surface area contributed by atoms with E-state index in [4.69, 9.17) is 17.3 Å². The molecule has 14 heavy (non-hydrogen) atoms. The maximum absolute atomic E-state index is 9.55. The molecule has 0 fully saturated rings.